The number of carbonyl (C=O) groups is 1. The molecule has 0 heterocycles. The fourth-order valence-electron chi connectivity index (χ4n) is 2.68. The van der Waals surface area contributed by atoms with Gasteiger partial charge in [-0.15, -0.1) is 35.7 Å². The number of nitrogens with one attached hydrogen (secondary N) is 2. The monoisotopic (exact) mass is 526 g/mol. The summed E-state index contributed by atoms with van der Waals surface area (Å²) in [6.07, 6.45) is 0.823. The lowest BCUT2D eigenvalue weighted by atomic mass is 10.1. The number of hydrogen-bond acceptors (Lipinski definition) is 3. The predicted molar refractivity (Wildman–Crippen MR) is 135 cm³/mol. The summed E-state index contributed by atoms with van der Waals surface area (Å²) in [5.74, 6) is 0.818. The number of nitrogens with zero attached hydrogens (tertiary/aromatic N) is 2. The number of carbonyl (C=O) groups excluding carboxylic acids is 1. The van der Waals surface area contributed by atoms with Crippen molar-refractivity contribution in [2.45, 2.75) is 23.5 Å². The van der Waals surface area contributed by atoms with Gasteiger partial charge >= 0.3 is 0 Å². The number of thioether (sulfide) groups is 1. The van der Waals surface area contributed by atoms with Crippen molar-refractivity contribution in [3.05, 3.63) is 65.7 Å². The molecule has 0 saturated carbocycles. The summed E-state index contributed by atoms with van der Waals surface area (Å²) in [5.41, 5.74) is 1.85. The Balaban J connectivity index is 0.00000420. The van der Waals surface area contributed by atoms with Crippen LogP contribution in [0.3, 0.4) is 0 Å². The lowest BCUT2D eigenvalue weighted by Crippen LogP contribution is -2.40. The van der Waals surface area contributed by atoms with Gasteiger partial charge in [-0.05, 0) is 36.2 Å². The average Bonchev–Trinajstić information content (AvgIpc) is 2.70. The number of benzene rings is 2. The number of halogens is 1. The molecule has 0 radical (unpaired) electrons. The number of amides is 1. The third-order valence-electron chi connectivity index (χ3n) is 4.15. The van der Waals surface area contributed by atoms with Crippen LogP contribution in [0.2, 0.25) is 0 Å². The molecule has 0 aliphatic heterocycles. The first-order chi connectivity index (χ1) is 13.5. The van der Waals surface area contributed by atoms with E-state index in [9.17, 15) is 4.79 Å². The van der Waals surface area contributed by atoms with Crippen LogP contribution in [-0.2, 0) is 6.42 Å². The summed E-state index contributed by atoms with van der Waals surface area (Å²) in [7, 11) is 5.31. The van der Waals surface area contributed by atoms with Crippen molar-refractivity contribution < 1.29 is 4.79 Å². The molecule has 2 N–H and O–H groups in total. The van der Waals surface area contributed by atoms with Crippen molar-refractivity contribution in [2.75, 3.05) is 34.2 Å². The third-order valence-corrected chi connectivity index (χ3v) is 5.26. The van der Waals surface area contributed by atoms with Crippen LogP contribution in [0.1, 0.15) is 22.8 Å². The molecule has 0 aromatic heterocycles. The molecule has 0 fully saturated rings. The van der Waals surface area contributed by atoms with Crippen LogP contribution < -0.4 is 10.6 Å². The molecule has 29 heavy (non-hydrogen) atoms. The number of rotatable bonds is 8. The molecular weight excluding hydrogens is 495 g/mol. The van der Waals surface area contributed by atoms with Gasteiger partial charge in [-0.25, -0.2) is 0 Å². The Morgan fingerprint density at radius 3 is 2.48 bits per heavy atom. The summed E-state index contributed by atoms with van der Waals surface area (Å²) in [5, 5.41) is 7.15. The molecule has 7 heteroatoms. The normalized spacial score (nSPS) is 11.9. The number of hydrogen-bond donors (Lipinski definition) is 2. The van der Waals surface area contributed by atoms with Gasteiger partial charge in [0.05, 0.1) is 0 Å². The molecule has 0 aliphatic carbocycles. The van der Waals surface area contributed by atoms with Gasteiger partial charge in [0.1, 0.15) is 0 Å². The van der Waals surface area contributed by atoms with Crippen molar-refractivity contribution in [1.29, 1.82) is 0 Å². The van der Waals surface area contributed by atoms with Gasteiger partial charge in [0, 0.05) is 49.9 Å². The molecular formula is C22H31IN4OS. The Morgan fingerprint density at radius 1 is 1.10 bits per heavy atom. The second kappa shape index (κ2) is 13.5. The predicted octanol–water partition coefficient (Wildman–Crippen LogP) is 3.89. The summed E-state index contributed by atoms with van der Waals surface area (Å²) in [6, 6.07) is 18.2. The molecule has 1 unspecified atom stereocenters. The Bertz CT molecular complexity index is 783. The Kier molecular flexibility index (Phi) is 11.8. The molecule has 5 nitrogen and oxygen atoms in total. The van der Waals surface area contributed by atoms with E-state index in [1.807, 2.05) is 42.1 Å². The molecule has 1 atom stereocenters. The number of guanidine groups is 1. The molecule has 2 rings (SSSR count). The number of aliphatic imine (C=N–C) groups is 1. The first-order valence-electron chi connectivity index (χ1n) is 9.46. The van der Waals surface area contributed by atoms with Crippen LogP contribution in [0.15, 0.2) is 64.5 Å². The van der Waals surface area contributed by atoms with Crippen molar-refractivity contribution in [3.8, 4) is 0 Å². The molecule has 2 aromatic carbocycles. The maximum Gasteiger partial charge on any atom is 0.253 e. The minimum atomic E-state index is 0. The second-order valence-electron chi connectivity index (χ2n) is 6.77. The minimum absolute atomic E-state index is 0. The highest BCUT2D eigenvalue weighted by atomic mass is 127. The van der Waals surface area contributed by atoms with Gasteiger partial charge in [0.2, 0.25) is 0 Å². The van der Waals surface area contributed by atoms with Crippen molar-refractivity contribution in [3.63, 3.8) is 0 Å². The highest BCUT2D eigenvalue weighted by Crippen LogP contribution is 2.21. The Morgan fingerprint density at radius 2 is 1.83 bits per heavy atom. The minimum Gasteiger partial charge on any atom is -0.356 e. The van der Waals surface area contributed by atoms with Gasteiger partial charge in [0.15, 0.2) is 5.96 Å². The first-order valence-corrected chi connectivity index (χ1v) is 10.3. The Hall–Kier alpha value is -1.74. The van der Waals surface area contributed by atoms with E-state index in [2.05, 4.69) is 46.8 Å². The maximum atomic E-state index is 12.1. The quantitative estimate of drug-likeness (QED) is 0.237. The van der Waals surface area contributed by atoms with Crippen LogP contribution in [0, 0.1) is 0 Å². The molecule has 0 saturated heterocycles. The molecule has 158 valence electrons. The lowest BCUT2D eigenvalue weighted by Gasteiger charge is -2.16. The van der Waals surface area contributed by atoms with Crippen LogP contribution in [0.5, 0.6) is 0 Å². The van der Waals surface area contributed by atoms with Crippen molar-refractivity contribution in [1.82, 2.24) is 15.5 Å². The zero-order chi connectivity index (χ0) is 20.4. The molecule has 0 bridgehead atoms. The van der Waals surface area contributed by atoms with E-state index in [-0.39, 0.29) is 29.9 Å². The molecule has 2 aromatic rings. The van der Waals surface area contributed by atoms with Crippen molar-refractivity contribution in [2.24, 2.45) is 4.99 Å². The summed E-state index contributed by atoms with van der Waals surface area (Å²) >= 11 is 1.84. The van der Waals surface area contributed by atoms with Gasteiger partial charge < -0.3 is 15.5 Å². The smallest absolute Gasteiger partial charge is 0.253 e. The lowest BCUT2D eigenvalue weighted by molar-refractivity contribution is 0.0827. The molecule has 0 aliphatic rings. The highest BCUT2D eigenvalue weighted by Gasteiger charge is 2.09. The van der Waals surface area contributed by atoms with E-state index in [4.69, 9.17) is 0 Å². The van der Waals surface area contributed by atoms with E-state index in [0.29, 0.717) is 5.25 Å². The van der Waals surface area contributed by atoms with Gasteiger partial charge in [-0.1, -0.05) is 37.3 Å². The maximum absolute atomic E-state index is 12.1. The Labute approximate surface area is 195 Å². The van der Waals surface area contributed by atoms with E-state index in [0.717, 1.165) is 36.6 Å². The van der Waals surface area contributed by atoms with E-state index < -0.39 is 0 Å². The second-order valence-corrected chi connectivity index (χ2v) is 8.28. The summed E-state index contributed by atoms with van der Waals surface area (Å²) < 4.78 is 0. The summed E-state index contributed by atoms with van der Waals surface area (Å²) in [6.45, 7) is 3.77. The van der Waals surface area contributed by atoms with E-state index >= 15 is 0 Å². The molecule has 0 spiro atoms. The van der Waals surface area contributed by atoms with Crippen molar-refractivity contribution >= 4 is 47.6 Å². The van der Waals surface area contributed by atoms with Crippen LogP contribution in [0.4, 0.5) is 0 Å². The molecule has 1 amide bonds. The first kappa shape index (κ1) is 25.3. The zero-order valence-corrected chi connectivity index (χ0v) is 20.7. The standard InChI is InChI=1S/C22H30N4OS.HI/c1-17(28-20-11-6-5-7-12-20)16-25-22(23-2)24-14-13-18-9-8-10-19(15-18)21(27)26(3)4;/h5-12,15,17H,13-14,16H2,1-4H3,(H2,23,24,25);1H. The highest BCUT2D eigenvalue weighted by molar-refractivity contribution is 14.0. The van der Waals surface area contributed by atoms with Gasteiger partial charge in [0.25, 0.3) is 5.91 Å². The van der Waals surface area contributed by atoms with Crippen LogP contribution in [0.25, 0.3) is 0 Å². The fourth-order valence-corrected chi connectivity index (χ4v) is 3.62. The summed E-state index contributed by atoms with van der Waals surface area (Å²) in [4.78, 5) is 19.2. The van der Waals surface area contributed by atoms with Gasteiger partial charge in [-0.2, -0.15) is 0 Å². The largest absolute Gasteiger partial charge is 0.356 e. The van der Waals surface area contributed by atoms with Crippen LogP contribution >= 0.6 is 35.7 Å². The SMILES string of the molecule is CN=C(NCCc1cccc(C(=O)N(C)C)c1)NCC(C)Sc1ccccc1.I. The fraction of sp³-hybridized carbons (Fsp3) is 0.364. The van der Waals surface area contributed by atoms with E-state index in [1.165, 1.54) is 4.90 Å². The topological polar surface area (TPSA) is 56.7 Å². The third kappa shape index (κ3) is 9.08. The average molecular weight is 526 g/mol. The zero-order valence-electron chi connectivity index (χ0n) is 17.5. The van der Waals surface area contributed by atoms with E-state index in [1.54, 1.807) is 26.0 Å². The van der Waals surface area contributed by atoms with Crippen LogP contribution in [-0.4, -0.2) is 56.2 Å². The van der Waals surface area contributed by atoms with Gasteiger partial charge in [-0.3, -0.25) is 9.79 Å².